The van der Waals surface area contributed by atoms with Crippen molar-refractivity contribution in [3.63, 3.8) is 0 Å². The molecule has 0 aliphatic rings. The van der Waals surface area contributed by atoms with E-state index in [0.717, 1.165) is 0 Å². The Morgan fingerprint density at radius 2 is 1.14 bits per heavy atom. The number of rotatable bonds is 2. The molecule has 106 valence electrons. The van der Waals surface area contributed by atoms with E-state index in [-0.39, 0.29) is 0 Å². The molecule has 2 aromatic carbocycles. The van der Waals surface area contributed by atoms with Crippen LogP contribution in [-0.4, -0.2) is 0 Å². The van der Waals surface area contributed by atoms with E-state index in [1.165, 1.54) is 42.4 Å². The van der Waals surface area contributed by atoms with Gasteiger partial charge in [0.2, 0.25) is 0 Å². The fourth-order valence-corrected chi connectivity index (χ4v) is 4.11. The maximum Gasteiger partial charge on any atom is 0.0361 e. The van der Waals surface area contributed by atoms with Crippen LogP contribution in [0.5, 0.6) is 0 Å². The van der Waals surface area contributed by atoms with Crippen LogP contribution in [0.15, 0.2) is 36.4 Å². The minimum absolute atomic E-state index is 1.34. The molecule has 0 N–H and O–H groups in total. The molecule has 0 aliphatic heterocycles. The molecule has 1 heteroatoms. The molecule has 0 spiro atoms. The molecule has 0 atom stereocenters. The molecule has 0 saturated heterocycles. The predicted octanol–water partition coefficient (Wildman–Crippen LogP) is 6.74. The largest absolute Gasteiger partial charge is 0.135 e. The highest BCUT2D eigenvalue weighted by Crippen LogP contribution is 2.40. The molecule has 0 unspecified atom stereocenters. The Bertz CT molecular complexity index is 804. The second-order valence-electron chi connectivity index (χ2n) is 5.44. The van der Waals surface area contributed by atoms with E-state index in [1.807, 2.05) is 11.3 Å². The van der Waals surface area contributed by atoms with Crippen LogP contribution in [0.25, 0.3) is 32.3 Å². The fraction of sp³-hybridized carbons (Fsp3) is 0.200. The lowest BCUT2D eigenvalue weighted by Crippen LogP contribution is -1.85. The number of hydrogen-bond donors (Lipinski definition) is 0. The van der Waals surface area contributed by atoms with Gasteiger partial charge in [0.1, 0.15) is 0 Å². The average Bonchev–Trinajstić information content (AvgIpc) is 2.84. The van der Waals surface area contributed by atoms with Crippen LogP contribution in [0, 0.1) is 13.8 Å². The van der Waals surface area contributed by atoms with Gasteiger partial charge >= 0.3 is 0 Å². The lowest BCUT2D eigenvalue weighted by atomic mass is 9.96. The molecule has 21 heavy (non-hydrogen) atoms. The summed E-state index contributed by atoms with van der Waals surface area (Å²) >= 11 is 1.89. The number of thiophene rings is 1. The molecule has 0 bridgehead atoms. The summed E-state index contributed by atoms with van der Waals surface area (Å²) in [6.45, 7) is 8.57. The molecule has 3 rings (SSSR count). The predicted molar refractivity (Wildman–Crippen MR) is 98.2 cm³/mol. The summed E-state index contributed by atoms with van der Waals surface area (Å²) in [4.78, 5) is 0. The van der Waals surface area contributed by atoms with Gasteiger partial charge in [0.15, 0.2) is 0 Å². The van der Waals surface area contributed by atoms with Crippen molar-refractivity contribution in [2.75, 3.05) is 0 Å². The molecule has 0 aliphatic carbocycles. The summed E-state index contributed by atoms with van der Waals surface area (Å²) in [6, 6.07) is 8.98. The standard InChI is InChI=1S/C20H20S/c1-5-7-15-13(3)9-11-17-19(15)20-16(8-6-2)14(4)10-12-18(20)21-17/h5-12H,1-4H3/b7-5-,8-6-. The smallest absolute Gasteiger partial charge is 0.0361 e. The Kier molecular flexibility index (Phi) is 3.69. The summed E-state index contributed by atoms with van der Waals surface area (Å²) in [5.74, 6) is 0. The van der Waals surface area contributed by atoms with Crippen molar-refractivity contribution in [2.45, 2.75) is 27.7 Å². The maximum atomic E-state index is 2.26. The van der Waals surface area contributed by atoms with Gasteiger partial charge in [-0.05, 0) is 62.1 Å². The monoisotopic (exact) mass is 292 g/mol. The van der Waals surface area contributed by atoms with E-state index in [1.54, 1.807) is 0 Å². The van der Waals surface area contributed by atoms with Crippen molar-refractivity contribution in [2.24, 2.45) is 0 Å². The molecular formula is C20H20S. The van der Waals surface area contributed by atoms with Crippen molar-refractivity contribution in [1.82, 2.24) is 0 Å². The van der Waals surface area contributed by atoms with Crippen LogP contribution in [0.4, 0.5) is 0 Å². The molecule has 0 radical (unpaired) electrons. The van der Waals surface area contributed by atoms with Crippen molar-refractivity contribution in [3.05, 3.63) is 58.7 Å². The number of benzene rings is 2. The first-order valence-electron chi connectivity index (χ1n) is 7.38. The summed E-state index contributed by atoms with van der Waals surface area (Å²) < 4.78 is 2.75. The van der Waals surface area contributed by atoms with Gasteiger partial charge in [-0.2, -0.15) is 0 Å². The molecule has 3 aromatic rings. The van der Waals surface area contributed by atoms with Crippen LogP contribution < -0.4 is 0 Å². The second-order valence-corrected chi connectivity index (χ2v) is 6.52. The summed E-state index contributed by atoms with van der Waals surface area (Å²) in [5.41, 5.74) is 5.40. The first-order chi connectivity index (χ1) is 10.2. The first-order valence-corrected chi connectivity index (χ1v) is 8.19. The zero-order chi connectivity index (χ0) is 15.0. The minimum Gasteiger partial charge on any atom is -0.135 e. The van der Waals surface area contributed by atoms with Gasteiger partial charge in [0.05, 0.1) is 0 Å². The summed E-state index contributed by atoms with van der Waals surface area (Å²) in [5, 5.41) is 2.81. The van der Waals surface area contributed by atoms with E-state index >= 15 is 0 Å². The fourth-order valence-electron chi connectivity index (χ4n) is 2.97. The normalized spacial score (nSPS) is 12.4. The number of allylic oxidation sites excluding steroid dienone is 2. The van der Waals surface area contributed by atoms with Crippen molar-refractivity contribution in [3.8, 4) is 0 Å². The average molecular weight is 292 g/mol. The van der Waals surface area contributed by atoms with Crippen molar-refractivity contribution in [1.29, 1.82) is 0 Å². The second kappa shape index (κ2) is 5.50. The van der Waals surface area contributed by atoms with Gasteiger partial charge in [0.25, 0.3) is 0 Å². The Hall–Kier alpha value is -1.86. The van der Waals surface area contributed by atoms with E-state index in [4.69, 9.17) is 0 Å². The maximum absolute atomic E-state index is 2.26. The summed E-state index contributed by atoms with van der Waals surface area (Å²) in [7, 11) is 0. The lowest BCUT2D eigenvalue weighted by Gasteiger charge is -2.07. The van der Waals surface area contributed by atoms with E-state index in [2.05, 4.69) is 76.3 Å². The molecular weight excluding hydrogens is 272 g/mol. The van der Waals surface area contributed by atoms with Crippen LogP contribution in [0.2, 0.25) is 0 Å². The topological polar surface area (TPSA) is 0 Å². The molecule has 0 nitrogen and oxygen atoms in total. The van der Waals surface area contributed by atoms with Crippen molar-refractivity contribution < 1.29 is 0 Å². The third kappa shape index (κ3) is 2.22. The lowest BCUT2D eigenvalue weighted by molar-refractivity contribution is 1.47. The van der Waals surface area contributed by atoms with Gasteiger partial charge in [0, 0.05) is 20.2 Å². The van der Waals surface area contributed by atoms with Crippen LogP contribution in [0.3, 0.4) is 0 Å². The minimum atomic E-state index is 1.34. The van der Waals surface area contributed by atoms with Crippen molar-refractivity contribution >= 4 is 43.7 Å². The SMILES string of the molecule is C/C=C\c1c(C)ccc2sc3ccc(C)c(/C=C\C)c3c12. The zero-order valence-electron chi connectivity index (χ0n) is 13.0. The molecule has 1 aromatic heterocycles. The van der Waals surface area contributed by atoms with Gasteiger partial charge in [-0.3, -0.25) is 0 Å². The summed E-state index contributed by atoms with van der Waals surface area (Å²) in [6.07, 6.45) is 8.75. The number of aryl methyl sites for hydroxylation is 2. The van der Waals surface area contributed by atoms with E-state index in [9.17, 15) is 0 Å². The molecule has 1 heterocycles. The Balaban J connectivity index is 2.59. The van der Waals surface area contributed by atoms with Crippen LogP contribution >= 0.6 is 11.3 Å². The number of fused-ring (bicyclic) bond motifs is 3. The Morgan fingerprint density at radius 1 is 0.714 bits per heavy atom. The third-order valence-corrected chi connectivity index (χ3v) is 5.11. The highest BCUT2D eigenvalue weighted by atomic mass is 32.1. The molecule has 0 saturated carbocycles. The third-order valence-electron chi connectivity index (χ3n) is 3.99. The highest BCUT2D eigenvalue weighted by Gasteiger charge is 2.13. The van der Waals surface area contributed by atoms with E-state index in [0.29, 0.717) is 0 Å². The molecule has 0 amide bonds. The Labute approximate surface area is 130 Å². The quantitative estimate of drug-likeness (QED) is 0.490. The van der Waals surface area contributed by atoms with Gasteiger partial charge in [-0.15, -0.1) is 11.3 Å². The first kappa shape index (κ1) is 14.1. The van der Waals surface area contributed by atoms with Crippen LogP contribution in [-0.2, 0) is 0 Å². The van der Waals surface area contributed by atoms with Crippen LogP contribution in [0.1, 0.15) is 36.1 Å². The van der Waals surface area contributed by atoms with Gasteiger partial charge in [-0.25, -0.2) is 0 Å². The van der Waals surface area contributed by atoms with Gasteiger partial charge in [-0.1, -0.05) is 36.4 Å². The zero-order valence-corrected chi connectivity index (χ0v) is 13.8. The van der Waals surface area contributed by atoms with E-state index < -0.39 is 0 Å². The Morgan fingerprint density at radius 3 is 1.52 bits per heavy atom. The highest BCUT2D eigenvalue weighted by molar-refractivity contribution is 7.25. The molecule has 0 fully saturated rings. The number of hydrogen-bond acceptors (Lipinski definition) is 1. The van der Waals surface area contributed by atoms with Gasteiger partial charge < -0.3 is 0 Å².